The Hall–Kier alpha value is -1.21. The summed E-state index contributed by atoms with van der Waals surface area (Å²) in [6, 6.07) is 5.65. The second-order valence-corrected chi connectivity index (χ2v) is 5.11. The number of thiazole rings is 1. The fourth-order valence-electron chi connectivity index (χ4n) is 1.55. The molecule has 1 N–H and O–H groups in total. The maximum absolute atomic E-state index is 12.1. The van der Waals surface area contributed by atoms with Gasteiger partial charge in [0.15, 0.2) is 0 Å². The lowest BCUT2D eigenvalue weighted by atomic mass is 10.4. The third-order valence-corrected chi connectivity index (χ3v) is 3.65. The molecular weight excluding hydrogens is 331 g/mol. The molecule has 1 amide bonds. The van der Waals surface area contributed by atoms with Gasteiger partial charge in [-0.3, -0.25) is 9.78 Å². The van der Waals surface area contributed by atoms with Crippen molar-refractivity contribution in [3.8, 4) is 10.7 Å². The van der Waals surface area contributed by atoms with Gasteiger partial charge in [0.1, 0.15) is 9.88 Å². The van der Waals surface area contributed by atoms with E-state index >= 15 is 0 Å². The molecule has 0 saturated carbocycles. The number of hydrogen-bond acceptors (Lipinski definition) is 5. The summed E-state index contributed by atoms with van der Waals surface area (Å²) in [5.74, 6) is -0.00469. The number of carbonyl (C=O) groups excluding carboxylic acids is 1. The number of nitrogens with zero attached hydrogens (tertiary/aromatic N) is 3. The molecule has 8 heteroatoms. The first-order valence-corrected chi connectivity index (χ1v) is 6.81. The van der Waals surface area contributed by atoms with Crippen LogP contribution in [0.3, 0.4) is 0 Å². The Bertz CT molecular complexity index is 550. The standard InChI is InChI=1S/C13H16N4OS.2ClH/c1-14-7-8-17(2)13(18)11-9-16-12(19-11)10-5-3-4-6-15-10;;/h3-6,9,14H,7-8H2,1-2H3;2*1H. The predicted molar refractivity (Wildman–Crippen MR) is 90.7 cm³/mol. The van der Waals surface area contributed by atoms with Gasteiger partial charge in [-0.05, 0) is 19.2 Å². The molecular formula is C13H18Cl2N4OS. The molecule has 0 aliphatic heterocycles. The summed E-state index contributed by atoms with van der Waals surface area (Å²) in [5, 5.41) is 3.79. The molecule has 0 fully saturated rings. The first-order valence-electron chi connectivity index (χ1n) is 5.99. The Labute approximate surface area is 140 Å². The molecule has 2 aromatic heterocycles. The molecule has 2 aromatic rings. The van der Waals surface area contributed by atoms with Crippen LogP contribution >= 0.6 is 36.2 Å². The van der Waals surface area contributed by atoms with E-state index in [1.165, 1.54) is 11.3 Å². The van der Waals surface area contributed by atoms with Crippen molar-refractivity contribution >= 4 is 42.1 Å². The zero-order chi connectivity index (χ0) is 13.7. The summed E-state index contributed by atoms with van der Waals surface area (Å²) in [6.45, 7) is 1.44. The normalized spacial score (nSPS) is 9.43. The molecule has 0 atom stereocenters. The van der Waals surface area contributed by atoms with E-state index in [0.717, 1.165) is 17.2 Å². The van der Waals surface area contributed by atoms with Crippen LogP contribution in [0.1, 0.15) is 9.67 Å². The molecule has 0 spiro atoms. The molecule has 5 nitrogen and oxygen atoms in total. The van der Waals surface area contributed by atoms with E-state index in [-0.39, 0.29) is 30.7 Å². The number of hydrogen-bond donors (Lipinski definition) is 1. The van der Waals surface area contributed by atoms with Crippen molar-refractivity contribution in [3.05, 3.63) is 35.5 Å². The van der Waals surface area contributed by atoms with Gasteiger partial charge >= 0.3 is 0 Å². The molecule has 0 aliphatic carbocycles. The van der Waals surface area contributed by atoms with Crippen LogP contribution in [0.2, 0.25) is 0 Å². The quantitative estimate of drug-likeness (QED) is 0.900. The third kappa shape index (κ3) is 5.24. The number of likely N-dealkylation sites (N-methyl/N-ethyl adjacent to an activating group) is 2. The highest BCUT2D eigenvalue weighted by Gasteiger charge is 2.15. The van der Waals surface area contributed by atoms with Crippen LogP contribution in [-0.4, -0.2) is 48.0 Å². The monoisotopic (exact) mass is 348 g/mol. The summed E-state index contributed by atoms with van der Waals surface area (Å²) in [4.78, 5) is 23.0. The van der Waals surface area contributed by atoms with Crippen LogP contribution in [0, 0.1) is 0 Å². The van der Waals surface area contributed by atoms with E-state index in [0.29, 0.717) is 11.4 Å². The average Bonchev–Trinajstić information content (AvgIpc) is 2.94. The van der Waals surface area contributed by atoms with Crippen molar-refractivity contribution in [3.63, 3.8) is 0 Å². The van der Waals surface area contributed by atoms with Gasteiger partial charge in [0.25, 0.3) is 5.91 Å². The van der Waals surface area contributed by atoms with E-state index in [1.54, 1.807) is 24.3 Å². The van der Waals surface area contributed by atoms with Crippen molar-refractivity contribution in [2.45, 2.75) is 0 Å². The van der Waals surface area contributed by atoms with Crippen LogP contribution in [0.5, 0.6) is 0 Å². The van der Waals surface area contributed by atoms with Crippen molar-refractivity contribution < 1.29 is 4.79 Å². The largest absolute Gasteiger partial charge is 0.340 e. The molecule has 0 radical (unpaired) electrons. The number of aromatic nitrogens is 2. The Kier molecular flexibility index (Phi) is 9.12. The highest BCUT2D eigenvalue weighted by atomic mass is 35.5. The maximum atomic E-state index is 12.1. The van der Waals surface area contributed by atoms with Crippen LogP contribution < -0.4 is 5.32 Å². The van der Waals surface area contributed by atoms with Gasteiger partial charge < -0.3 is 10.2 Å². The van der Waals surface area contributed by atoms with E-state index in [1.807, 2.05) is 25.2 Å². The van der Waals surface area contributed by atoms with Gasteiger partial charge in [0, 0.05) is 26.3 Å². The van der Waals surface area contributed by atoms with E-state index < -0.39 is 0 Å². The average molecular weight is 349 g/mol. The Morgan fingerprint density at radius 2 is 2.10 bits per heavy atom. The van der Waals surface area contributed by atoms with Gasteiger partial charge in [0.05, 0.1) is 11.9 Å². The molecule has 0 unspecified atom stereocenters. The minimum absolute atomic E-state index is 0. The van der Waals surface area contributed by atoms with Gasteiger partial charge in [-0.15, -0.1) is 36.2 Å². The lowest BCUT2D eigenvalue weighted by Crippen LogP contribution is -2.32. The fraction of sp³-hybridized carbons (Fsp3) is 0.308. The van der Waals surface area contributed by atoms with Crippen LogP contribution in [0.4, 0.5) is 0 Å². The second-order valence-electron chi connectivity index (χ2n) is 4.07. The molecule has 21 heavy (non-hydrogen) atoms. The Morgan fingerprint density at radius 3 is 2.71 bits per heavy atom. The van der Waals surface area contributed by atoms with Crippen LogP contribution in [-0.2, 0) is 0 Å². The smallest absolute Gasteiger partial charge is 0.265 e. The van der Waals surface area contributed by atoms with Gasteiger partial charge in [-0.1, -0.05) is 6.07 Å². The number of nitrogens with one attached hydrogen (secondary N) is 1. The van der Waals surface area contributed by atoms with Crippen molar-refractivity contribution in [1.29, 1.82) is 0 Å². The zero-order valence-electron chi connectivity index (χ0n) is 11.8. The molecule has 0 bridgehead atoms. The second kappa shape index (κ2) is 9.68. The highest BCUT2D eigenvalue weighted by Crippen LogP contribution is 2.23. The van der Waals surface area contributed by atoms with Gasteiger partial charge in [-0.2, -0.15) is 0 Å². The van der Waals surface area contributed by atoms with Crippen LogP contribution in [0.25, 0.3) is 10.7 Å². The lowest BCUT2D eigenvalue weighted by molar-refractivity contribution is 0.0801. The summed E-state index contributed by atoms with van der Waals surface area (Å²) in [5.41, 5.74) is 0.796. The maximum Gasteiger partial charge on any atom is 0.265 e. The number of amides is 1. The number of halogens is 2. The topological polar surface area (TPSA) is 58.1 Å². The lowest BCUT2D eigenvalue weighted by Gasteiger charge is -2.15. The first-order chi connectivity index (χ1) is 9.22. The van der Waals surface area contributed by atoms with Crippen molar-refractivity contribution in [2.75, 3.05) is 27.2 Å². The fourth-order valence-corrected chi connectivity index (χ4v) is 2.44. The van der Waals surface area contributed by atoms with E-state index in [4.69, 9.17) is 0 Å². The molecule has 0 saturated heterocycles. The minimum atomic E-state index is -0.00469. The SMILES string of the molecule is CNCCN(C)C(=O)c1cnc(-c2ccccn2)s1.Cl.Cl. The van der Waals surface area contributed by atoms with Crippen molar-refractivity contribution in [1.82, 2.24) is 20.2 Å². The van der Waals surface area contributed by atoms with E-state index in [2.05, 4.69) is 15.3 Å². The number of pyridine rings is 1. The van der Waals surface area contributed by atoms with E-state index in [9.17, 15) is 4.79 Å². The van der Waals surface area contributed by atoms with Gasteiger partial charge in [0.2, 0.25) is 0 Å². The number of rotatable bonds is 5. The first kappa shape index (κ1) is 19.8. The molecule has 0 aromatic carbocycles. The zero-order valence-corrected chi connectivity index (χ0v) is 14.2. The highest BCUT2D eigenvalue weighted by molar-refractivity contribution is 7.16. The minimum Gasteiger partial charge on any atom is -0.340 e. The summed E-state index contributed by atoms with van der Waals surface area (Å²) in [6.07, 6.45) is 3.34. The summed E-state index contributed by atoms with van der Waals surface area (Å²) >= 11 is 1.37. The molecule has 0 aliphatic rings. The molecule has 116 valence electrons. The van der Waals surface area contributed by atoms with Crippen molar-refractivity contribution in [2.24, 2.45) is 0 Å². The van der Waals surface area contributed by atoms with Gasteiger partial charge in [-0.25, -0.2) is 4.98 Å². The number of carbonyl (C=O) groups is 1. The summed E-state index contributed by atoms with van der Waals surface area (Å²) in [7, 11) is 3.66. The molecule has 2 rings (SSSR count). The predicted octanol–water partition coefficient (Wildman–Crippen LogP) is 2.34. The third-order valence-electron chi connectivity index (χ3n) is 2.64. The molecule has 2 heterocycles. The summed E-state index contributed by atoms with van der Waals surface area (Å²) < 4.78 is 0. The van der Waals surface area contributed by atoms with Crippen LogP contribution in [0.15, 0.2) is 30.6 Å². The Balaban J connectivity index is 0.00000200. The Morgan fingerprint density at radius 1 is 1.33 bits per heavy atom.